The molecule has 1 aliphatic rings. The molecular formula is C21H17F3N2O3S. The summed E-state index contributed by atoms with van der Waals surface area (Å²) in [5.41, 5.74) is 0.287. The third kappa shape index (κ3) is 5.29. The SMILES string of the molecule is O=C(CCc1cc(F)ccc1F)NCCN1C(=O)S/C(=C\c2ccccc2F)C1=O. The Bertz CT molecular complexity index is 1030. The van der Waals surface area contributed by atoms with Crippen LogP contribution < -0.4 is 5.32 Å². The molecule has 0 saturated carbocycles. The standard InChI is InChI=1S/C21H17F3N2O3S/c22-15-6-7-17(24)14(11-15)5-8-19(27)25-9-10-26-20(28)18(30-21(26)29)12-13-3-1-2-4-16(13)23/h1-4,6-7,11-12H,5,8-10H2,(H,25,27)/b18-12-. The smallest absolute Gasteiger partial charge is 0.293 e. The number of rotatable bonds is 7. The zero-order valence-corrected chi connectivity index (χ0v) is 16.5. The number of carbonyl (C=O) groups is 3. The van der Waals surface area contributed by atoms with Crippen molar-refractivity contribution in [3.8, 4) is 0 Å². The summed E-state index contributed by atoms with van der Waals surface area (Å²) >= 11 is 0.697. The molecule has 0 bridgehead atoms. The highest BCUT2D eigenvalue weighted by atomic mass is 32.2. The number of hydrogen-bond donors (Lipinski definition) is 1. The van der Waals surface area contributed by atoms with Gasteiger partial charge in [-0.15, -0.1) is 0 Å². The van der Waals surface area contributed by atoms with Crippen LogP contribution in [0.2, 0.25) is 0 Å². The van der Waals surface area contributed by atoms with Crippen LogP contribution in [0.4, 0.5) is 18.0 Å². The van der Waals surface area contributed by atoms with Crippen LogP contribution in [0.3, 0.4) is 0 Å². The Morgan fingerprint density at radius 3 is 2.60 bits per heavy atom. The summed E-state index contributed by atoms with van der Waals surface area (Å²) in [4.78, 5) is 37.4. The molecule has 1 aliphatic heterocycles. The highest BCUT2D eigenvalue weighted by Crippen LogP contribution is 2.32. The van der Waals surface area contributed by atoms with Crippen LogP contribution >= 0.6 is 11.8 Å². The van der Waals surface area contributed by atoms with E-state index in [2.05, 4.69) is 5.32 Å². The normalized spacial score (nSPS) is 15.2. The maximum Gasteiger partial charge on any atom is 0.293 e. The van der Waals surface area contributed by atoms with E-state index in [1.807, 2.05) is 0 Å². The van der Waals surface area contributed by atoms with Crippen LogP contribution in [-0.4, -0.2) is 35.0 Å². The van der Waals surface area contributed by atoms with E-state index >= 15 is 0 Å². The van der Waals surface area contributed by atoms with Gasteiger partial charge in [-0.25, -0.2) is 13.2 Å². The van der Waals surface area contributed by atoms with Gasteiger partial charge < -0.3 is 5.32 Å². The van der Waals surface area contributed by atoms with Crippen LogP contribution in [0.5, 0.6) is 0 Å². The van der Waals surface area contributed by atoms with E-state index in [1.54, 1.807) is 6.07 Å². The molecule has 0 radical (unpaired) electrons. The lowest BCUT2D eigenvalue weighted by molar-refractivity contribution is -0.124. The van der Waals surface area contributed by atoms with E-state index in [0.29, 0.717) is 11.8 Å². The van der Waals surface area contributed by atoms with E-state index in [-0.39, 0.29) is 42.0 Å². The quantitative estimate of drug-likeness (QED) is 0.672. The molecule has 0 aromatic heterocycles. The molecule has 3 rings (SSSR count). The van der Waals surface area contributed by atoms with E-state index in [9.17, 15) is 27.6 Å². The predicted molar refractivity (Wildman–Crippen MR) is 107 cm³/mol. The molecule has 1 N–H and O–H groups in total. The van der Waals surface area contributed by atoms with Gasteiger partial charge in [0, 0.05) is 25.1 Å². The Morgan fingerprint density at radius 1 is 1.07 bits per heavy atom. The lowest BCUT2D eigenvalue weighted by Crippen LogP contribution is -2.37. The number of thioether (sulfide) groups is 1. The first-order valence-electron chi connectivity index (χ1n) is 9.05. The number of amides is 3. The highest BCUT2D eigenvalue weighted by molar-refractivity contribution is 8.18. The number of imide groups is 1. The summed E-state index contributed by atoms with van der Waals surface area (Å²) in [6.45, 7) is -0.0468. The van der Waals surface area contributed by atoms with Crippen molar-refractivity contribution in [3.05, 3.63) is 75.9 Å². The number of aryl methyl sites for hydroxylation is 1. The van der Waals surface area contributed by atoms with Crippen molar-refractivity contribution in [1.29, 1.82) is 0 Å². The first-order valence-corrected chi connectivity index (χ1v) is 9.87. The fourth-order valence-electron chi connectivity index (χ4n) is 2.80. The number of hydrogen-bond acceptors (Lipinski definition) is 4. The van der Waals surface area contributed by atoms with Gasteiger partial charge in [0.1, 0.15) is 17.5 Å². The van der Waals surface area contributed by atoms with Crippen molar-refractivity contribution in [2.75, 3.05) is 13.1 Å². The van der Waals surface area contributed by atoms with Crippen molar-refractivity contribution < 1.29 is 27.6 Å². The third-order valence-corrected chi connectivity index (χ3v) is 5.26. The average molecular weight is 434 g/mol. The van der Waals surface area contributed by atoms with E-state index in [1.165, 1.54) is 24.3 Å². The Kier molecular flexibility index (Phi) is 6.94. The topological polar surface area (TPSA) is 66.5 Å². The molecule has 3 amide bonds. The fraction of sp³-hybridized carbons (Fsp3) is 0.190. The Morgan fingerprint density at radius 2 is 1.83 bits per heavy atom. The second kappa shape index (κ2) is 9.62. The van der Waals surface area contributed by atoms with Crippen LogP contribution in [-0.2, 0) is 16.0 Å². The van der Waals surface area contributed by atoms with Gasteiger partial charge in [-0.05, 0) is 54.1 Å². The largest absolute Gasteiger partial charge is 0.354 e. The molecule has 0 unspecified atom stereocenters. The average Bonchev–Trinajstić information content (AvgIpc) is 2.97. The third-order valence-electron chi connectivity index (χ3n) is 4.35. The van der Waals surface area contributed by atoms with Crippen LogP contribution in [0.25, 0.3) is 6.08 Å². The minimum atomic E-state index is -0.594. The van der Waals surface area contributed by atoms with Crippen molar-refractivity contribution in [1.82, 2.24) is 10.2 Å². The number of benzene rings is 2. The lowest BCUT2D eigenvalue weighted by atomic mass is 10.1. The van der Waals surface area contributed by atoms with Gasteiger partial charge in [-0.1, -0.05) is 18.2 Å². The van der Waals surface area contributed by atoms with E-state index in [4.69, 9.17) is 0 Å². The predicted octanol–water partition coefficient (Wildman–Crippen LogP) is 3.89. The van der Waals surface area contributed by atoms with E-state index < -0.39 is 34.5 Å². The number of nitrogens with zero attached hydrogens (tertiary/aromatic N) is 1. The summed E-state index contributed by atoms with van der Waals surface area (Å²) in [6, 6.07) is 8.90. The summed E-state index contributed by atoms with van der Waals surface area (Å²) in [7, 11) is 0. The minimum absolute atomic E-state index is 0.00941. The molecule has 1 saturated heterocycles. The van der Waals surface area contributed by atoms with Crippen molar-refractivity contribution in [2.24, 2.45) is 0 Å². The molecule has 2 aromatic carbocycles. The lowest BCUT2D eigenvalue weighted by Gasteiger charge is -2.13. The Hall–Kier alpha value is -3.07. The molecule has 5 nitrogen and oxygen atoms in total. The van der Waals surface area contributed by atoms with Crippen LogP contribution in [0.15, 0.2) is 47.4 Å². The van der Waals surface area contributed by atoms with Gasteiger partial charge in [0.2, 0.25) is 5.91 Å². The number of carbonyl (C=O) groups excluding carboxylic acids is 3. The summed E-state index contributed by atoms with van der Waals surface area (Å²) in [5.74, 6) is -2.68. The second-order valence-electron chi connectivity index (χ2n) is 6.44. The highest BCUT2D eigenvalue weighted by Gasteiger charge is 2.34. The first kappa shape index (κ1) is 21.6. The molecule has 9 heteroatoms. The zero-order chi connectivity index (χ0) is 21.7. The Balaban J connectivity index is 1.50. The van der Waals surface area contributed by atoms with Crippen molar-refractivity contribution in [3.63, 3.8) is 0 Å². The maximum atomic E-state index is 13.7. The summed E-state index contributed by atoms with van der Waals surface area (Å²) in [6.07, 6.45) is 1.25. The summed E-state index contributed by atoms with van der Waals surface area (Å²) < 4.78 is 40.5. The molecule has 0 atom stereocenters. The number of halogens is 3. The second-order valence-corrected chi connectivity index (χ2v) is 7.43. The molecule has 30 heavy (non-hydrogen) atoms. The monoisotopic (exact) mass is 434 g/mol. The van der Waals surface area contributed by atoms with Gasteiger partial charge in [0.05, 0.1) is 4.91 Å². The van der Waals surface area contributed by atoms with Crippen molar-refractivity contribution >= 4 is 34.9 Å². The Labute approximate surface area is 174 Å². The molecule has 156 valence electrons. The van der Waals surface area contributed by atoms with Crippen LogP contribution in [0.1, 0.15) is 17.5 Å². The molecular weight excluding hydrogens is 417 g/mol. The molecule has 1 heterocycles. The minimum Gasteiger partial charge on any atom is -0.354 e. The van der Waals surface area contributed by atoms with E-state index in [0.717, 1.165) is 23.1 Å². The molecule has 2 aromatic rings. The maximum absolute atomic E-state index is 13.7. The molecule has 0 aliphatic carbocycles. The van der Waals surface area contributed by atoms with Gasteiger partial charge >= 0.3 is 0 Å². The summed E-state index contributed by atoms with van der Waals surface area (Å²) in [5, 5.41) is 2.02. The van der Waals surface area contributed by atoms with Gasteiger partial charge in [0.15, 0.2) is 0 Å². The van der Waals surface area contributed by atoms with Crippen LogP contribution in [0, 0.1) is 17.5 Å². The first-order chi connectivity index (χ1) is 14.3. The van der Waals surface area contributed by atoms with Gasteiger partial charge in [-0.2, -0.15) is 0 Å². The molecule has 1 fully saturated rings. The number of nitrogens with one attached hydrogen (secondary N) is 1. The zero-order valence-electron chi connectivity index (χ0n) is 15.7. The van der Waals surface area contributed by atoms with Gasteiger partial charge in [-0.3, -0.25) is 19.3 Å². The molecule has 0 spiro atoms. The van der Waals surface area contributed by atoms with Gasteiger partial charge in [0.25, 0.3) is 11.1 Å². The fourth-order valence-corrected chi connectivity index (χ4v) is 3.66. The van der Waals surface area contributed by atoms with Crippen molar-refractivity contribution in [2.45, 2.75) is 12.8 Å².